The molecule has 10 nitrogen and oxygen atoms in total. The Balaban J connectivity index is 2.85. The van der Waals surface area contributed by atoms with Gasteiger partial charge in [-0.3, -0.25) is 9.59 Å². The smallest absolute Gasteiger partial charge is 0.304 e. The topological polar surface area (TPSA) is 151 Å². The van der Waals surface area contributed by atoms with E-state index in [-0.39, 0.29) is 6.61 Å². The molecule has 0 aliphatic carbocycles. The van der Waals surface area contributed by atoms with Crippen molar-refractivity contribution in [1.29, 1.82) is 0 Å². The van der Waals surface area contributed by atoms with Crippen LogP contribution < -0.4 is 0 Å². The van der Waals surface area contributed by atoms with Crippen LogP contribution in [0.15, 0.2) is 5.11 Å². The Morgan fingerprint density at radius 3 is 2.45 bits per heavy atom. The van der Waals surface area contributed by atoms with Crippen LogP contribution in [-0.4, -0.2) is 59.4 Å². The van der Waals surface area contributed by atoms with Gasteiger partial charge >= 0.3 is 11.9 Å². The van der Waals surface area contributed by atoms with Gasteiger partial charge in [-0.1, -0.05) is 5.11 Å². The average molecular weight is 289 g/mol. The zero-order valence-corrected chi connectivity index (χ0v) is 10.9. The van der Waals surface area contributed by atoms with Crippen LogP contribution in [0.25, 0.3) is 10.4 Å². The van der Waals surface area contributed by atoms with Crippen molar-refractivity contribution in [2.45, 2.75) is 44.5 Å². The average Bonchev–Trinajstić information content (AvgIpc) is 2.36. The molecule has 112 valence electrons. The van der Waals surface area contributed by atoms with Crippen molar-refractivity contribution in [3.8, 4) is 0 Å². The molecule has 1 aliphatic rings. The Kier molecular flexibility index (Phi) is 5.71. The van der Waals surface area contributed by atoms with Gasteiger partial charge in [0.15, 0.2) is 0 Å². The van der Waals surface area contributed by atoms with Gasteiger partial charge < -0.3 is 24.4 Å². The van der Waals surface area contributed by atoms with Crippen LogP contribution in [0.2, 0.25) is 0 Å². The number of hydrogen-bond donors (Lipinski definition) is 2. The van der Waals surface area contributed by atoms with E-state index < -0.39 is 42.6 Å². The SMILES string of the molecule is CC(=O)OC[C@H]1O[C@H](OC(C)=O)[C@H](N=[N+]=[N-])[C@@H](O)[C@@H]1O. The molecule has 1 heterocycles. The highest BCUT2D eigenvalue weighted by molar-refractivity contribution is 5.66. The summed E-state index contributed by atoms with van der Waals surface area (Å²) >= 11 is 0. The molecular weight excluding hydrogens is 274 g/mol. The van der Waals surface area contributed by atoms with E-state index in [1.165, 1.54) is 0 Å². The van der Waals surface area contributed by atoms with Gasteiger partial charge in [-0.15, -0.1) is 0 Å². The first-order valence-electron chi connectivity index (χ1n) is 5.73. The highest BCUT2D eigenvalue weighted by atomic mass is 16.7. The van der Waals surface area contributed by atoms with Gasteiger partial charge in [0.05, 0.1) is 6.10 Å². The highest BCUT2D eigenvalue weighted by Gasteiger charge is 2.46. The normalized spacial score (nSPS) is 32.9. The molecule has 2 N–H and O–H groups in total. The third-order valence-electron chi connectivity index (χ3n) is 2.59. The molecule has 20 heavy (non-hydrogen) atoms. The summed E-state index contributed by atoms with van der Waals surface area (Å²) in [6, 6.07) is -1.30. The van der Waals surface area contributed by atoms with E-state index in [9.17, 15) is 19.8 Å². The number of ether oxygens (including phenoxy) is 3. The molecule has 1 saturated heterocycles. The number of esters is 2. The number of azide groups is 1. The maximum atomic E-state index is 11.0. The largest absolute Gasteiger partial charge is 0.463 e. The number of rotatable bonds is 4. The Morgan fingerprint density at radius 2 is 1.95 bits per heavy atom. The summed E-state index contributed by atoms with van der Waals surface area (Å²) in [7, 11) is 0. The third kappa shape index (κ3) is 4.07. The van der Waals surface area contributed by atoms with Crippen molar-refractivity contribution in [1.82, 2.24) is 0 Å². The summed E-state index contributed by atoms with van der Waals surface area (Å²) in [5.41, 5.74) is 8.42. The molecule has 0 saturated carbocycles. The molecule has 0 spiro atoms. The minimum absolute atomic E-state index is 0.339. The first-order chi connectivity index (χ1) is 9.36. The zero-order chi connectivity index (χ0) is 15.3. The fraction of sp³-hybridized carbons (Fsp3) is 0.800. The van der Waals surface area contributed by atoms with Crippen LogP contribution >= 0.6 is 0 Å². The summed E-state index contributed by atoms with van der Waals surface area (Å²) in [6.07, 6.45) is -5.47. The number of hydrogen-bond acceptors (Lipinski definition) is 8. The van der Waals surface area contributed by atoms with Crippen LogP contribution in [0.1, 0.15) is 13.8 Å². The van der Waals surface area contributed by atoms with E-state index in [1.54, 1.807) is 0 Å². The van der Waals surface area contributed by atoms with Gasteiger partial charge in [-0.05, 0) is 5.53 Å². The second kappa shape index (κ2) is 7.06. The molecule has 10 heteroatoms. The molecular formula is C10H15N3O7. The third-order valence-corrected chi connectivity index (χ3v) is 2.59. The fourth-order valence-corrected chi connectivity index (χ4v) is 1.70. The first kappa shape index (κ1) is 16.2. The van der Waals surface area contributed by atoms with E-state index in [4.69, 9.17) is 15.0 Å². The monoisotopic (exact) mass is 289 g/mol. The van der Waals surface area contributed by atoms with Crippen LogP contribution in [0.3, 0.4) is 0 Å². The van der Waals surface area contributed by atoms with Gasteiger partial charge in [0.1, 0.15) is 24.9 Å². The van der Waals surface area contributed by atoms with Crippen LogP contribution in [-0.2, 0) is 23.8 Å². The van der Waals surface area contributed by atoms with Crippen molar-refractivity contribution in [2.75, 3.05) is 6.61 Å². The van der Waals surface area contributed by atoms with E-state index in [0.29, 0.717) is 0 Å². The van der Waals surface area contributed by atoms with E-state index >= 15 is 0 Å². The molecule has 1 fully saturated rings. The molecule has 1 aliphatic heterocycles. The predicted octanol–water partition coefficient (Wildman–Crippen LogP) is -0.762. The van der Waals surface area contributed by atoms with Crippen LogP contribution in [0.4, 0.5) is 0 Å². The number of carbonyl (C=O) groups is 2. The molecule has 0 amide bonds. The second-order valence-electron chi connectivity index (χ2n) is 4.13. The summed E-state index contributed by atoms with van der Waals surface area (Å²) in [5.74, 6) is -1.32. The minimum Gasteiger partial charge on any atom is -0.463 e. The lowest BCUT2D eigenvalue weighted by Crippen LogP contribution is -2.58. The molecule has 0 aromatic rings. The van der Waals surface area contributed by atoms with Gasteiger partial charge in [-0.2, -0.15) is 0 Å². The van der Waals surface area contributed by atoms with E-state index in [2.05, 4.69) is 14.8 Å². The lowest BCUT2D eigenvalue weighted by atomic mass is 9.98. The van der Waals surface area contributed by atoms with Gasteiger partial charge in [0.25, 0.3) is 0 Å². The van der Waals surface area contributed by atoms with Gasteiger partial charge in [0.2, 0.25) is 6.29 Å². The minimum atomic E-state index is -1.52. The van der Waals surface area contributed by atoms with Crippen molar-refractivity contribution in [2.24, 2.45) is 5.11 Å². The predicted molar refractivity (Wildman–Crippen MR) is 62.0 cm³/mol. The van der Waals surface area contributed by atoms with Crippen LogP contribution in [0, 0.1) is 0 Å². The quantitative estimate of drug-likeness (QED) is 0.298. The molecule has 0 aromatic heterocycles. The molecule has 0 radical (unpaired) electrons. The standard InChI is InChI=1S/C10H15N3O7/c1-4(14)18-3-6-8(16)9(17)7(12-13-11)10(20-6)19-5(2)15/h6-10,16-17H,3H2,1-2H3/t6-,7-,8-,9-,10+/m1/s1. The number of aliphatic hydroxyl groups is 2. The van der Waals surface area contributed by atoms with Gasteiger partial charge in [0, 0.05) is 18.8 Å². The van der Waals surface area contributed by atoms with Gasteiger partial charge in [-0.25, -0.2) is 0 Å². The Labute approximate surface area is 113 Å². The second-order valence-corrected chi connectivity index (χ2v) is 4.13. The number of aliphatic hydroxyl groups excluding tert-OH is 2. The molecule has 0 unspecified atom stereocenters. The summed E-state index contributed by atoms with van der Waals surface area (Å²) in [5, 5.41) is 22.9. The zero-order valence-electron chi connectivity index (χ0n) is 10.9. The van der Waals surface area contributed by atoms with Crippen molar-refractivity contribution >= 4 is 11.9 Å². The maximum Gasteiger partial charge on any atom is 0.304 e. The van der Waals surface area contributed by atoms with Crippen molar-refractivity contribution in [3.05, 3.63) is 10.4 Å². The lowest BCUT2D eigenvalue weighted by Gasteiger charge is -2.39. The number of carbonyl (C=O) groups excluding carboxylic acids is 2. The number of nitrogens with zero attached hydrogens (tertiary/aromatic N) is 3. The lowest BCUT2D eigenvalue weighted by molar-refractivity contribution is -0.259. The summed E-state index contributed by atoms with van der Waals surface area (Å²) < 4.78 is 14.6. The van der Waals surface area contributed by atoms with Crippen molar-refractivity contribution in [3.63, 3.8) is 0 Å². The van der Waals surface area contributed by atoms with Crippen LogP contribution in [0.5, 0.6) is 0 Å². The highest BCUT2D eigenvalue weighted by Crippen LogP contribution is 2.25. The molecule has 0 aromatic carbocycles. The Hall–Kier alpha value is -1.87. The molecule has 0 bridgehead atoms. The molecule has 5 atom stereocenters. The maximum absolute atomic E-state index is 11.0. The Bertz CT molecular complexity index is 423. The van der Waals surface area contributed by atoms with E-state index in [1.807, 2.05) is 0 Å². The first-order valence-corrected chi connectivity index (χ1v) is 5.73. The Morgan fingerprint density at radius 1 is 1.30 bits per heavy atom. The van der Waals surface area contributed by atoms with E-state index in [0.717, 1.165) is 13.8 Å². The summed E-state index contributed by atoms with van der Waals surface area (Å²) in [4.78, 5) is 24.2. The molecule has 1 rings (SSSR count). The summed E-state index contributed by atoms with van der Waals surface area (Å²) in [6.45, 7) is 1.93. The van der Waals surface area contributed by atoms with Crippen molar-refractivity contribution < 1.29 is 34.0 Å². The fourth-order valence-electron chi connectivity index (χ4n) is 1.70.